The van der Waals surface area contributed by atoms with Gasteiger partial charge in [0.05, 0.1) is 5.25 Å². The lowest BCUT2D eigenvalue weighted by atomic mass is 10.1. The first-order valence-corrected chi connectivity index (χ1v) is 4.58. The van der Waals surface area contributed by atoms with Gasteiger partial charge in [-0.3, -0.25) is 0 Å². The topological polar surface area (TPSA) is 0 Å². The van der Waals surface area contributed by atoms with Crippen molar-refractivity contribution in [3.63, 3.8) is 0 Å². The van der Waals surface area contributed by atoms with Crippen LogP contribution in [0, 0.1) is 5.25 Å². The van der Waals surface area contributed by atoms with Crippen molar-refractivity contribution >= 4 is 11.8 Å². The Morgan fingerprint density at radius 1 is 1.09 bits per heavy atom. The van der Waals surface area contributed by atoms with Gasteiger partial charge in [0.25, 0.3) is 0 Å². The zero-order chi connectivity index (χ0) is 7.52. The van der Waals surface area contributed by atoms with E-state index in [1.54, 1.807) is 0 Å². The lowest BCUT2D eigenvalue weighted by Crippen LogP contribution is -1.87. The van der Waals surface area contributed by atoms with Gasteiger partial charge >= 0.3 is 0 Å². The van der Waals surface area contributed by atoms with E-state index in [0.29, 0.717) is 0 Å². The van der Waals surface area contributed by atoms with Gasteiger partial charge < -0.3 is 0 Å². The van der Waals surface area contributed by atoms with Gasteiger partial charge in [-0.1, -0.05) is 36.4 Å². The molecule has 1 heterocycles. The molecule has 1 heteroatoms. The summed E-state index contributed by atoms with van der Waals surface area (Å²) in [6, 6.07) is 10.5. The highest BCUT2D eigenvalue weighted by atomic mass is 32.2. The highest BCUT2D eigenvalue weighted by Gasteiger charge is 2.12. The predicted molar refractivity (Wildman–Crippen MR) is 50.1 cm³/mol. The van der Waals surface area contributed by atoms with Crippen molar-refractivity contribution in [3.05, 3.63) is 52.6 Å². The molecule has 0 nitrogen and oxygen atoms in total. The Kier molecular flexibility index (Phi) is 1.99. The van der Waals surface area contributed by atoms with Crippen molar-refractivity contribution in [1.82, 2.24) is 0 Å². The molecule has 0 fully saturated rings. The van der Waals surface area contributed by atoms with E-state index in [0.717, 1.165) is 6.42 Å². The molecule has 0 atom stereocenters. The zero-order valence-electron chi connectivity index (χ0n) is 6.16. The standard InChI is InChI=1S/C10H9S/c1-2-5-9(6-3-1)10-7-4-8-11-10/h1-6,8H,7H2. The van der Waals surface area contributed by atoms with Crippen molar-refractivity contribution in [3.8, 4) is 0 Å². The first kappa shape index (κ1) is 6.99. The largest absolute Gasteiger partial charge is 0.121 e. The Labute approximate surface area is 71.3 Å². The number of thioether (sulfide) groups is 1. The summed E-state index contributed by atoms with van der Waals surface area (Å²) < 4.78 is 0. The predicted octanol–water partition coefficient (Wildman–Crippen LogP) is 3.22. The summed E-state index contributed by atoms with van der Waals surface area (Å²) in [5.74, 6) is 0. The van der Waals surface area contributed by atoms with Crippen LogP contribution in [0.15, 0.2) is 41.8 Å². The Bertz CT molecular complexity index is 243. The van der Waals surface area contributed by atoms with Crippen molar-refractivity contribution in [2.24, 2.45) is 0 Å². The molecule has 1 aliphatic heterocycles. The molecule has 55 valence electrons. The summed E-state index contributed by atoms with van der Waals surface area (Å²) in [6.07, 6.45) is 3.31. The van der Waals surface area contributed by atoms with Crippen LogP contribution in [0.2, 0.25) is 0 Å². The van der Waals surface area contributed by atoms with Gasteiger partial charge in [0.1, 0.15) is 0 Å². The van der Waals surface area contributed by atoms with Crippen molar-refractivity contribution in [2.75, 3.05) is 0 Å². The molecule has 0 unspecified atom stereocenters. The third-order valence-corrected chi connectivity index (χ3v) is 2.72. The molecule has 1 aromatic rings. The molecular formula is C10H9S. The van der Waals surface area contributed by atoms with Crippen molar-refractivity contribution < 1.29 is 0 Å². The molecule has 1 aromatic carbocycles. The molecule has 0 saturated carbocycles. The van der Waals surface area contributed by atoms with Crippen LogP contribution in [0.3, 0.4) is 0 Å². The molecule has 2 rings (SSSR count). The van der Waals surface area contributed by atoms with Gasteiger partial charge in [-0.2, -0.15) is 0 Å². The SMILES string of the molecule is C1=CS[C](c2ccccc2)C1. The smallest absolute Gasteiger partial charge is 0.0677 e. The van der Waals surface area contributed by atoms with E-state index in [-0.39, 0.29) is 0 Å². The minimum Gasteiger partial charge on any atom is -0.121 e. The molecule has 0 aliphatic carbocycles. The van der Waals surface area contributed by atoms with E-state index in [2.05, 4.69) is 41.8 Å². The molecule has 0 aromatic heterocycles. The maximum Gasteiger partial charge on any atom is 0.0677 e. The van der Waals surface area contributed by atoms with Crippen molar-refractivity contribution in [1.29, 1.82) is 0 Å². The van der Waals surface area contributed by atoms with Crippen LogP contribution in [0.4, 0.5) is 0 Å². The van der Waals surface area contributed by atoms with E-state index in [1.807, 2.05) is 11.8 Å². The number of hydrogen-bond donors (Lipinski definition) is 0. The molecule has 1 radical (unpaired) electrons. The molecular weight excluding hydrogens is 152 g/mol. The van der Waals surface area contributed by atoms with E-state index in [9.17, 15) is 0 Å². The van der Waals surface area contributed by atoms with Crippen LogP contribution in [-0.2, 0) is 0 Å². The Hall–Kier alpha value is -0.690. The number of allylic oxidation sites excluding steroid dienone is 1. The first-order valence-electron chi connectivity index (χ1n) is 3.70. The van der Waals surface area contributed by atoms with Crippen LogP contribution in [0.5, 0.6) is 0 Å². The Balaban J connectivity index is 2.17. The normalized spacial score (nSPS) is 17.5. The van der Waals surface area contributed by atoms with Crippen LogP contribution in [0.1, 0.15) is 12.0 Å². The minimum atomic E-state index is 1.11. The number of rotatable bonds is 1. The van der Waals surface area contributed by atoms with Gasteiger partial charge in [0.2, 0.25) is 0 Å². The number of hydrogen-bond acceptors (Lipinski definition) is 1. The average molecular weight is 161 g/mol. The Morgan fingerprint density at radius 2 is 1.91 bits per heavy atom. The Morgan fingerprint density at radius 3 is 2.55 bits per heavy atom. The van der Waals surface area contributed by atoms with Gasteiger partial charge in [0, 0.05) is 0 Å². The maximum absolute atomic E-state index is 2.20. The van der Waals surface area contributed by atoms with Crippen LogP contribution >= 0.6 is 11.8 Å². The third kappa shape index (κ3) is 1.48. The van der Waals surface area contributed by atoms with Crippen LogP contribution in [-0.4, -0.2) is 0 Å². The highest BCUT2D eigenvalue weighted by molar-refractivity contribution is 8.05. The summed E-state index contributed by atoms with van der Waals surface area (Å²) in [5, 5.41) is 3.62. The molecule has 1 aliphatic rings. The fourth-order valence-electron chi connectivity index (χ4n) is 1.14. The lowest BCUT2D eigenvalue weighted by Gasteiger charge is -2.05. The van der Waals surface area contributed by atoms with Crippen molar-refractivity contribution in [2.45, 2.75) is 6.42 Å². The monoisotopic (exact) mass is 161 g/mol. The quantitative estimate of drug-likeness (QED) is 0.609. The fourth-order valence-corrected chi connectivity index (χ4v) is 1.96. The summed E-state index contributed by atoms with van der Waals surface area (Å²) in [6.45, 7) is 0. The molecule has 0 spiro atoms. The van der Waals surface area contributed by atoms with Gasteiger partial charge in [-0.15, -0.1) is 11.8 Å². The first-order chi connectivity index (χ1) is 5.47. The lowest BCUT2D eigenvalue weighted by molar-refractivity contribution is 1.22. The molecule has 0 saturated heterocycles. The third-order valence-electron chi connectivity index (χ3n) is 1.71. The van der Waals surface area contributed by atoms with Gasteiger partial charge in [-0.05, 0) is 17.4 Å². The summed E-state index contributed by atoms with van der Waals surface area (Å²) >= 11 is 1.83. The molecule has 0 N–H and O–H groups in total. The van der Waals surface area contributed by atoms with Crippen LogP contribution in [0.25, 0.3) is 0 Å². The molecule has 0 amide bonds. The van der Waals surface area contributed by atoms with E-state index in [4.69, 9.17) is 0 Å². The van der Waals surface area contributed by atoms with E-state index < -0.39 is 0 Å². The maximum atomic E-state index is 2.20. The van der Waals surface area contributed by atoms with Gasteiger partial charge in [0.15, 0.2) is 0 Å². The highest BCUT2D eigenvalue weighted by Crippen LogP contribution is 2.36. The fraction of sp³-hybridized carbons (Fsp3) is 0.100. The molecule has 0 bridgehead atoms. The minimum absolute atomic E-state index is 1.11. The second-order valence-electron chi connectivity index (χ2n) is 2.48. The van der Waals surface area contributed by atoms with Crippen LogP contribution < -0.4 is 0 Å². The average Bonchev–Trinajstić information content (AvgIpc) is 2.58. The summed E-state index contributed by atoms with van der Waals surface area (Å²) in [7, 11) is 0. The summed E-state index contributed by atoms with van der Waals surface area (Å²) in [4.78, 5) is 0. The second kappa shape index (κ2) is 3.14. The zero-order valence-corrected chi connectivity index (χ0v) is 6.97. The summed E-state index contributed by atoms with van der Waals surface area (Å²) in [5.41, 5.74) is 1.36. The van der Waals surface area contributed by atoms with E-state index in [1.165, 1.54) is 10.8 Å². The van der Waals surface area contributed by atoms with E-state index >= 15 is 0 Å². The number of benzene rings is 1. The van der Waals surface area contributed by atoms with Gasteiger partial charge in [-0.25, -0.2) is 0 Å². The molecule has 11 heavy (non-hydrogen) atoms. The second-order valence-corrected chi connectivity index (χ2v) is 3.48.